The number of urea groups is 1. The van der Waals surface area contributed by atoms with Gasteiger partial charge in [-0.2, -0.15) is 11.8 Å². The van der Waals surface area contributed by atoms with Crippen LogP contribution in [0.4, 0.5) is 10.5 Å². The normalized spacial score (nSPS) is 16.4. The molecule has 0 bridgehead atoms. The van der Waals surface area contributed by atoms with Crippen molar-refractivity contribution < 1.29 is 14.7 Å². The van der Waals surface area contributed by atoms with E-state index in [2.05, 4.69) is 16.9 Å². The van der Waals surface area contributed by atoms with Crippen molar-refractivity contribution in [3.05, 3.63) is 29.8 Å². The lowest BCUT2D eigenvalue weighted by Crippen LogP contribution is -2.40. The molecule has 0 atom stereocenters. The number of carboxylic acids is 1. The number of carbonyl (C=O) groups is 2. The predicted molar refractivity (Wildman–Crippen MR) is 85.1 cm³/mol. The smallest absolute Gasteiger partial charge is 0.335 e. The Kier molecular flexibility index (Phi) is 5.12. The number of anilines is 1. The third-order valence-corrected chi connectivity index (χ3v) is 5.30. The van der Waals surface area contributed by atoms with Gasteiger partial charge in [-0.1, -0.05) is 18.9 Å². The number of hydrogen-bond acceptors (Lipinski definition) is 3. The van der Waals surface area contributed by atoms with E-state index in [0.29, 0.717) is 12.2 Å². The summed E-state index contributed by atoms with van der Waals surface area (Å²) in [6.07, 6.45) is 6.77. The first kappa shape index (κ1) is 15.7. The molecule has 1 saturated carbocycles. The van der Waals surface area contributed by atoms with Crippen molar-refractivity contribution >= 4 is 29.4 Å². The van der Waals surface area contributed by atoms with Crippen LogP contribution in [0.15, 0.2) is 24.3 Å². The number of nitrogens with one attached hydrogen (secondary N) is 2. The summed E-state index contributed by atoms with van der Waals surface area (Å²) in [6, 6.07) is 5.93. The molecule has 114 valence electrons. The van der Waals surface area contributed by atoms with E-state index in [4.69, 9.17) is 5.11 Å². The average Bonchev–Trinajstić information content (AvgIpc) is 2.95. The van der Waals surface area contributed by atoms with E-state index in [1.165, 1.54) is 25.0 Å². The molecule has 1 fully saturated rings. The van der Waals surface area contributed by atoms with Gasteiger partial charge in [-0.05, 0) is 37.3 Å². The highest BCUT2D eigenvalue weighted by Crippen LogP contribution is 2.39. The molecular weight excluding hydrogens is 288 g/mol. The monoisotopic (exact) mass is 308 g/mol. The maximum atomic E-state index is 11.9. The van der Waals surface area contributed by atoms with Crippen LogP contribution in [0.3, 0.4) is 0 Å². The topological polar surface area (TPSA) is 78.4 Å². The molecule has 2 amide bonds. The fraction of sp³-hybridized carbons (Fsp3) is 0.467. The summed E-state index contributed by atoms with van der Waals surface area (Å²) in [4.78, 5) is 22.8. The van der Waals surface area contributed by atoms with Crippen LogP contribution in [0, 0.1) is 0 Å². The summed E-state index contributed by atoms with van der Waals surface area (Å²) in [7, 11) is 0. The fourth-order valence-corrected chi connectivity index (χ4v) is 3.53. The van der Waals surface area contributed by atoms with Gasteiger partial charge < -0.3 is 15.7 Å². The molecule has 0 unspecified atom stereocenters. The summed E-state index contributed by atoms with van der Waals surface area (Å²) in [5, 5.41) is 14.5. The minimum Gasteiger partial charge on any atom is -0.478 e. The lowest BCUT2D eigenvalue weighted by atomic mass is 10.1. The largest absolute Gasteiger partial charge is 0.478 e. The van der Waals surface area contributed by atoms with E-state index >= 15 is 0 Å². The second-order valence-corrected chi connectivity index (χ2v) is 6.56. The van der Waals surface area contributed by atoms with Crippen molar-refractivity contribution in [2.24, 2.45) is 0 Å². The SMILES string of the molecule is CSC1(CNC(=O)Nc2cccc(C(=O)O)c2)CCCC1. The van der Waals surface area contributed by atoms with Gasteiger partial charge in [-0.3, -0.25) is 0 Å². The standard InChI is InChI=1S/C15H20N2O3S/c1-21-15(7-2-3-8-15)10-16-14(20)17-12-6-4-5-11(9-12)13(18)19/h4-6,9H,2-3,7-8,10H2,1H3,(H,18,19)(H2,16,17,20). The Morgan fingerprint density at radius 1 is 1.33 bits per heavy atom. The molecule has 0 saturated heterocycles. The summed E-state index contributed by atoms with van der Waals surface area (Å²) < 4.78 is 0.153. The van der Waals surface area contributed by atoms with Crippen LogP contribution < -0.4 is 10.6 Å². The molecule has 1 aromatic carbocycles. The van der Waals surface area contributed by atoms with Crippen LogP contribution in [-0.2, 0) is 0 Å². The molecule has 3 N–H and O–H groups in total. The van der Waals surface area contributed by atoms with Gasteiger partial charge >= 0.3 is 12.0 Å². The highest BCUT2D eigenvalue weighted by Gasteiger charge is 2.33. The molecule has 1 aromatic rings. The fourth-order valence-electron chi connectivity index (χ4n) is 2.62. The van der Waals surface area contributed by atoms with Crippen molar-refractivity contribution in [1.82, 2.24) is 5.32 Å². The second kappa shape index (κ2) is 6.85. The van der Waals surface area contributed by atoms with Crippen molar-refractivity contribution in [1.29, 1.82) is 0 Å². The molecule has 1 aliphatic carbocycles. The summed E-state index contributed by atoms with van der Waals surface area (Å²) >= 11 is 1.81. The maximum Gasteiger partial charge on any atom is 0.335 e. The Bertz CT molecular complexity index is 527. The zero-order chi connectivity index (χ0) is 15.3. The van der Waals surface area contributed by atoms with Crippen molar-refractivity contribution in [2.75, 3.05) is 18.1 Å². The third-order valence-electron chi connectivity index (χ3n) is 3.89. The van der Waals surface area contributed by atoms with E-state index in [9.17, 15) is 9.59 Å². The molecule has 0 spiro atoms. The van der Waals surface area contributed by atoms with Gasteiger partial charge in [0, 0.05) is 17.0 Å². The van der Waals surface area contributed by atoms with Gasteiger partial charge in [0.25, 0.3) is 0 Å². The Morgan fingerprint density at radius 2 is 2.05 bits per heavy atom. The zero-order valence-electron chi connectivity index (χ0n) is 12.0. The molecular formula is C15H20N2O3S. The molecule has 2 rings (SSSR count). The molecule has 6 heteroatoms. The quantitative estimate of drug-likeness (QED) is 0.780. The molecule has 0 aromatic heterocycles. The lowest BCUT2D eigenvalue weighted by molar-refractivity contribution is 0.0697. The van der Waals surface area contributed by atoms with Gasteiger partial charge in [0.05, 0.1) is 5.56 Å². The zero-order valence-corrected chi connectivity index (χ0v) is 12.8. The van der Waals surface area contributed by atoms with Crippen molar-refractivity contribution in [2.45, 2.75) is 30.4 Å². The number of thioether (sulfide) groups is 1. The highest BCUT2D eigenvalue weighted by molar-refractivity contribution is 8.00. The highest BCUT2D eigenvalue weighted by atomic mass is 32.2. The molecule has 0 aliphatic heterocycles. The number of benzene rings is 1. The van der Waals surface area contributed by atoms with E-state index in [1.54, 1.807) is 12.1 Å². The van der Waals surface area contributed by atoms with Crippen LogP contribution in [0.5, 0.6) is 0 Å². The van der Waals surface area contributed by atoms with Gasteiger partial charge in [-0.15, -0.1) is 0 Å². The number of aromatic carboxylic acids is 1. The van der Waals surface area contributed by atoms with E-state index in [1.807, 2.05) is 11.8 Å². The number of amides is 2. The van der Waals surface area contributed by atoms with Crippen LogP contribution in [-0.4, -0.2) is 34.7 Å². The Hall–Kier alpha value is -1.69. The second-order valence-electron chi connectivity index (χ2n) is 5.29. The number of carbonyl (C=O) groups excluding carboxylic acids is 1. The first-order valence-corrected chi connectivity index (χ1v) is 8.20. The summed E-state index contributed by atoms with van der Waals surface area (Å²) in [6.45, 7) is 0.638. The number of carboxylic acid groups (broad SMARTS) is 1. The predicted octanol–water partition coefficient (Wildman–Crippen LogP) is 3.18. The Morgan fingerprint density at radius 3 is 2.67 bits per heavy atom. The van der Waals surface area contributed by atoms with E-state index < -0.39 is 5.97 Å². The van der Waals surface area contributed by atoms with Crippen LogP contribution in [0.25, 0.3) is 0 Å². The molecule has 0 radical (unpaired) electrons. The lowest BCUT2D eigenvalue weighted by Gasteiger charge is -2.26. The third kappa shape index (κ3) is 4.14. The van der Waals surface area contributed by atoms with Crippen LogP contribution in [0.2, 0.25) is 0 Å². The molecule has 21 heavy (non-hydrogen) atoms. The Balaban J connectivity index is 1.90. The molecule has 0 heterocycles. The summed E-state index contributed by atoms with van der Waals surface area (Å²) in [5.41, 5.74) is 0.640. The van der Waals surface area contributed by atoms with Crippen molar-refractivity contribution in [3.63, 3.8) is 0 Å². The average molecular weight is 308 g/mol. The van der Waals surface area contributed by atoms with E-state index in [-0.39, 0.29) is 16.3 Å². The van der Waals surface area contributed by atoms with E-state index in [0.717, 1.165) is 12.8 Å². The first-order chi connectivity index (χ1) is 10.0. The maximum absolute atomic E-state index is 11.9. The molecule has 1 aliphatic rings. The first-order valence-electron chi connectivity index (χ1n) is 6.98. The van der Waals surface area contributed by atoms with Gasteiger partial charge in [0.1, 0.15) is 0 Å². The van der Waals surface area contributed by atoms with Crippen LogP contribution in [0.1, 0.15) is 36.0 Å². The minimum atomic E-state index is -1.01. The number of hydrogen-bond donors (Lipinski definition) is 3. The summed E-state index contributed by atoms with van der Waals surface area (Å²) in [5.74, 6) is -1.01. The number of rotatable bonds is 5. The van der Waals surface area contributed by atoms with Crippen LogP contribution >= 0.6 is 11.8 Å². The van der Waals surface area contributed by atoms with Gasteiger partial charge in [-0.25, -0.2) is 9.59 Å². The van der Waals surface area contributed by atoms with Gasteiger partial charge in [0.15, 0.2) is 0 Å². The minimum absolute atomic E-state index is 0.153. The Labute approximate surface area is 128 Å². The molecule has 5 nitrogen and oxygen atoms in total. The van der Waals surface area contributed by atoms with Gasteiger partial charge in [0.2, 0.25) is 0 Å². The van der Waals surface area contributed by atoms with Crippen molar-refractivity contribution in [3.8, 4) is 0 Å².